The molecule has 0 aliphatic carbocycles. The summed E-state index contributed by atoms with van der Waals surface area (Å²) in [5, 5.41) is 6.97. The predicted octanol–water partition coefficient (Wildman–Crippen LogP) is 2.71. The van der Waals surface area contributed by atoms with Gasteiger partial charge in [-0.2, -0.15) is 0 Å². The Morgan fingerprint density at radius 2 is 2.25 bits per heavy atom. The van der Waals surface area contributed by atoms with Crippen molar-refractivity contribution < 1.29 is 0 Å². The summed E-state index contributed by atoms with van der Waals surface area (Å²) in [6, 6.07) is 6.47. The van der Waals surface area contributed by atoms with Crippen LogP contribution >= 0.6 is 0 Å². The van der Waals surface area contributed by atoms with E-state index in [0.717, 1.165) is 12.5 Å². The fourth-order valence-corrected chi connectivity index (χ4v) is 2.31. The van der Waals surface area contributed by atoms with Gasteiger partial charge in [0, 0.05) is 12.2 Å². The molecule has 1 unspecified atom stereocenters. The van der Waals surface area contributed by atoms with Gasteiger partial charge in [-0.15, -0.1) is 0 Å². The first-order valence-electron chi connectivity index (χ1n) is 6.28. The number of anilines is 1. The van der Waals surface area contributed by atoms with Gasteiger partial charge in [0.1, 0.15) is 0 Å². The van der Waals surface area contributed by atoms with Crippen LogP contribution in [0.4, 0.5) is 5.69 Å². The van der Waals surface area contributed by atoms with E-state index < -0.39 is 0 Å². The van der Waals surface area contributed by atoms with Crippen molar-refractivity contribution in [1.82, 2.24) is 5.32 Å². The molecule has 2 rings (SSSR count). The zero-order valence-electron chi connectivity index (χ0n) is 10.3. The molecule has 1 heterocycles. The number of aryl methyl sites for hydroxylation is 1. The summed E-state index contributed by atoms with van der Waals surface area (Å²) in [6.45, 7) is 7.86. The van der Waals surface area contributed by atoms with E-state index >= 15 is 0 Å². The smallest absolute Gasteiger partial charge is 0.0372 e. The van der Waals surface area contributed by atoms with E-state index in [1.807, 2.05) is 0 Å². The Labute approximate surface area is 98.4 Å². The average Bonchev–Trinajstić information content (AvgIpc) is 2.77. The van der Waals surface area contributed by atoms with E-state index in [1.54, 1.807) is 0 Å². The maximum atomic E-state index is 3.55. The van der Waals surface area contributed by atoms with Crippen molar-refractivity contribution >= 4 is 5.69 Å². The molecule has 1 aliphatic rings. The normalized spacial score (nSPS) is 20.0. The summed E-state index contributed by atoms with van der Waals surface area (Å²) in [5.74, 6) is 0.873. The highest BCUT2D eigenvalue weighted by Gasteiger charge is 2.13. The molecule has 0 bridgehead atoms. The van der Waals surface area contributed by atoms with Gasteiger partial charge in [-0.05, 0) is 62.9 Å². The fourth-order valence-electron chi connectivity index (χ4n) is 2.31. The third-order valence-corrected chi connectivity index (χ3v) is 3.64. The summed E-state index contributed by atoms with van der Waals surface area (Å²) < 4.78 is 0. The van der Waals surface area contributed by atoms with Crippen LogP contribution in [-0.4, -0.2) is 19.6 Å². The lowest BCUT2D eigenvalue weighted by Crippen LogP contribution is -2.13. The highest BCUT2D eigenvalue weighted by molar-refractivity contribution is 5.53. The molecule has 2 nitrogen and oxygen atoms in total. The van der Waals surface area contributed by atoms with Crippen LogP contribution in [0.3, 0.4) is 0 Å². The minimum absolute atomic E-state index is 0.873. The van der Waals surface area contributed by atoms with Gasteiger partial charge in [0.05, 0.1) is 0 Å². The maximum absolute atomic E-state index is 3.55. The van der Waals surface area contributed by atoms with Crippen molar-refractivity contribution in [2.75, 3.05) is 25.0 Å². The summed E-state index contributed by atoms with van der Waals surface area (Å²) in [6.07, 6.45) is 2.62. The SMILES string of the molecule is Cc1cccc(NCCC2CCNC2)c1C. The summed E-state index contributed by atoms with van der Waals surface area (Å²) >= 11 is 0. The highest BCUT2D eigenvalue weighted by atomic mass is 14.9. The molecule has 1 atom stereocenters. The van der Waals surface area contributed by atoms with Crippen LogP contribution in [0, 0.1) is 19.8 Å². The topological polar surface area (TPSA) is 24.1 Å². The van der Waals surface area contributed by atoms with E-state index in [9.17, 15) is 0 Å². The van der Waals surface area contributed by atoms with Gasteiger partial charge in [-0.25, -0.2) is 0 Å². The Hall–Kier alpha value is -1.02. The van der Waals surface area contributed by atoms with Crippen molar-refractivity contribution in [2.45, 2.75) is 26.7 Å². The van der Waals surface area contributed by atoms with E-state index in [-0.39, 0.29) is 0 Å². The monoisotopic (exact) mass is 218 g/mol. The second kappa shape index (κ2) is 5.35. The number of hydrogen-bond donors (Lipinski definition) is 2. The van der Waals surface area contributed by atoms with E-state index in [4.69, 9.17) is 0 Å². The van der Waals surface area contributed by atoms with Crippen molar-refractivity contribution in [2.24, 2.45) is 5.92 Å². The molecule has 1 aromatic rings. The Morgan fingerprint density at radius 3 is 3.00 bits per heavy atom. The van der Waals surface area contributed by atoms with Crippen LogP contribution < -0.4 is 10.6 Å². The zero-order valence-corrected chi connectivity index (χ0v) is 10.3. The molecule has 2 N–H and O–H groups in total. The Morgan fingerprint density at radius 1 is 1.38 bits per heavy atom. The molecule has 88 valence electrons. The molecule has 1 saturated heterocycles. The van der Waals surface area contributed by atoms with E-state index in [0.29, 0.717) is 0 Å². The van der Waals surface area contributed by atoms with Gasteiger partial charge in [0.2, 0.25) is 0 Å². The van der Waals surface area contributed by atoms with Gasteiger partial charge in [0.25, 0.3) is 0 Å². The zero-order chi connectivity index (χ0) is 11.4. The number of rotatable bonds is 4. The molecule has 16 heavy (non-hydrogen) atoms. The lowest BCUT2D eigenvalue weighted by molar-refractivity contribution is 0.549. The standard InChI is InChI=1S/C14H22N2/c1-11-4-3-5-14(12(11)2)16-9-7-13-6-8-15-10-13/h3-5,13,15-16H,6-10H2,1-2H3. The third kappa shape index (κ3) is 2.76. The first-order chi connectivity index (χ1) is 7.77. The van der Waals surface area contributed by atoms with Gasteiger partial charge >= 0.3 is 0 Å². The highest BCUT2D eigenvalue weighted by Crippen LogP contribution is 2.19. The summed E-state index contributed by atoms with van der Waals surface area (Å²) in [5.41, 5.74) is 4.05. The summed E-state index contributed by atoms with van der Waals surface area (Å²) in [7, 11) is 0. The van der Waals surface area contributed by atoms with Crippen LogP contribution in [-0.2, 0) is 0 Å². The Balaban J connectivity index is 1.82. The van der Waals surface area contributed by atoms with Crippen LogP contribution in [0.15, 0.2) is 18.2 Å². The van der Waals surface area contributed by atoms with Crippen LogP contribution in [0.5, 0.6) is 0 Å². The predicted molar refractivity (Wildman–Crippen MR) is 70.0 cm³/mol. The molecule has 1 fully saturated rings. The molecule has 0 spiro atoms. The van der Waals surface area contributed by atoms with Crippen molar-refractivity contribution in [3.63, 3.8) is 0 Å². The first-order valence-corrected chi connectivity index (χ1v) is 6.28. The number of benzene rings is 1. The molecular weight excluding hydrogens is 196 g/mol. The van der Waals surface area contributed by atoms with Crippen molar-refractivity contribution in [3.05, 3.63) is 29.3 Å². The molecule has 0 saturated carbocycles. The van der Waals surface area contributed by atoms with Crippen LogP contribution in [0.2, 0.25) is 0 Å². The van der Waals surface area contributed by atoms with Gasteiger partial charge in [-0.1, -0.05) is 12.1 Å². The first kappa shape index (κ1) is 11.5. The van der Waals surface area contributed by atoms with E-state index in [1.165, 1.54) is 42.7 Å². The Kier molecular flexibility index (Phi) is 3.83. The van der Waals surface area contributed by atoms with Crippen LogP contribution in [0.25, 0.3) is 0 Å². The maximum Gasteiger partial charge on any atom is 0.0372 e. The quantitative estimate of drug-likeness (QED) is 0.812. The molecule has 2 heteroatoms. The lowest BCUT2D eigenvalue weighted by atomic mass is 10.0. The lowest BCUT2D eigenvalue weighted by Gasteiger charge is -2.13. The third-order valence-electron chi connectivity index (χ3n) is 3.64. The number of hydrogen-bond acceptors (Lipinski definition) is 2. The molecule has 0 aromatic heterocycles. The molecular formula is C14H22N2. The second-order valence-electron chi connectivity index (χ2n) is 4.82. The minimum atomic E-state index is 0.873. The minimum Gasteiger partial charge on any atom is -0.385 e. The van der Waals surface area contributed by atoms with Crippen LogP contribution in [0.1, 0.15) is 24.0 Å². The van der Waals surface area contributed by atoms with E-state index in [2.05, 4.69) is 42.7 Å². The van der Waals surface area contributed by atoms with Gasteiger partial charge in [-0.3, -0.25) is 0 Å². The molecule has 1 aromatic carbocycles. The summed E-state index contributed by atoms with van der Waals surface area (Å²) in [4.78, 5) is 0. The van der Waals surface area contributed by atoms with Crippen molar-refractivity contribution in [3.8, 4) is 0 Å². The molecule has 0 radical (unpaired) electrons. The Bertz CT molecular complexity index is 341. The van der Waals surface area contributed by atoms with Crippen molar-refractivity contribution in [1.29, 1.82) is 0 Å². The fraction of sp³-hybridized carbons (Fsp3) is 0.571. The average molecular weight is 218 g/mol. The second-order valence-corrected chi connectivity index (χ2v) is 4.82. The largest absolute Gasteiger partial charge is 0.385 e. The van der Waals surface area contributed by atoms with Gasteiger partial charge < -0.3 is 10.6 Å². The molecule has 1 aliphatic heterocycles. The molecule has 0 amide bonds. The van der Waals surface area contributed by atoms with Gasteiger partial charge in [0.15, 0.2) is 0 Å². The number of nitrogens with one attached hydrogen (secondary N) is 2.